The van der Waals surface area contributed by atoms with E-state index in [2.05, 4.69) is 10.6 Å². The first-order chi connectivity index (χ1) is 12.4. The molecule has 2 aromatic carbocycles. The SMILES string of the molecule is C[C@@H](NC(=O)[C@H](O)[C@@H](NC(=O)c1ccccc1)c1ccccc1)C(N)=O. The van der Waals surface area contributed by atoms with Crippen LogP contribution >= 0.6 is 0 Å². The summed E-state index contributed by atoms with van der Waals surface area (Å²) >= 11 is 0. The zero-order valence-electron chi connectivity index (χ0n) is 14.3. The molecule has 3 amide bonds. The fourth-order valence-corrected chi connectivity index (χ4v) is 2.34. The fraction of sp³-hybridized carbons (Fsp3) is 0.211. The minimum atomic E-state index is -1.60. The van der Waals surface area contributed by atoms with E-state index in [1.165, 1.54) is 6.92 Å². The summed E-state index contributed by atoms with van der Waals surface area (Å²) in [6.45, 7) is 1.41. The molecule has 136 valence electrons. The van der Waals surface area contributed by atoms with Gasteiger partial charge in [-0.15, -0.1) is 0 Å². The molecule has 5 N–H and O–H groups in total. The van der Waals surface area contributed by atoms with Crippen molar-refractivity contribution in [1.29, 1.82) is 0 Å². The van der Waals surface area contributed by atoms with Crippen molar-refractivity contribution in [1.82, 2.24) is 10.6 Å². The van der Waals surface area contributed by atoms with Crippen molar-refractivity contribution < 1.29 is 19.5 Å². The summed E-state index contributed by atoms with van der Waals surface area (Å²) in [5.74, 6) is -1.97. The second-order valence-electron chi connectivity index (χ2n) is 5.81. The molecule has 0 radical (unpaired) electrons. The van der Waals surface area contributed by atoms with E-state index in [9.17, 15) is 19.5 Å². The molecule has 0 saturated carbocycles. The normalized spacial score (nSPS) is 13.9. The van der Waals surface area contributed by atoms with Gasteiger partial charge in [0.25, 0.3) is 11.8 Å². The third-order valence-corrected chi connectivity index (χ3v) is 3.85. The Bertz CT molecular complexity index is 765. The average Bonchev–Trinajstić information content (AvgIpc) is 2.66. The van der Waals surface area contributed by atoms with E-state index in [0.29, 0.717) is 11.1 Å². The molecule has 0 fully saturated rings. The minimum absolute atomic E-state index is 0.395. The highest BCUT2D eigenvalue weighted by molar-refractivity contribution is 5.95. The highest BCUT2D eigenvalue weighted by atomic mass is 16.3. The van der Waals surface area contributed by atoms with E-state index < -0.39 is 35.9 Å². The number of primary amides is 1. The van der Waals surface area contributed by atoms with Crippen molar-refractivity contribution >= 4 is 17.7 Å². The van der Waals surface area contributed by atoms with Gasteiger partial charge in [0.15, 0.2) is 6.10 Å². The number of nitrogens with two attached hydrogens (primary N) is 1. The molecule has 0 heterocycles. The van der Waals surface area contributed by atoms with Gasteiger partial charge in [-0.3, -0.25) is 14.4 Å². The predicted molar refractivity (Wildman–Crippen MR) is 95.9 cm³/mol. The van der Waals surface area contributed by atoms with Gasteiger partial charge in [0, 0.05) is 5.56 Å². The van der Waals surface area contributed by atoms with Crippen LogP contribution in [0.1, 0.15) is 28.9 Å². The highest BCUT2D eigenvalue weighted by Gasteiger charge is 2.30. The third-order valence-electron chi connectivity index (χ3n) is 3.85. The van der Waals surface area contributed by atoms with Crippen molar-refractivity contribution in [2.24, 2.45) is 5.73 Å². The summed E-state index contributed by atoms with van der Waals surface area (Å²) in [6.07, 6.45) is -1.60. The number of amides is 3. The first-order valence-corrected chi connectivity index (χ1v) is 8.08. The lowest BCUT2D eigenvalue weighted by Crippen LogP contribution is -2.50. The largest absolute Gasteiger partial charge is 0.381 e. The van der Waals surface area contributed by atoms with Gasteiger partial charge >= 0.3 is 0 Å². The van der Waals surface area contributed by atoms with Crippen LogP contribution in [0.4, 0.5) is 0 Å². The van der Waals surface area contributed by atoms with Crippen LogP contribution in [-0.2, 0) is 9.59 Å². The average molecular weight is 355 g/mol. The number of aliphatic hydroxyl groups excluding tert-OH is 1. The van der Waals surface area contributed by atoms with Crippen LogP contribution in [0.15, 0.2) is 60.7 Å². The van der Waals surface area contributed by atoms with Gasteiger partial charge < -0.3 is 21.5 Å². The molecular formula is C19H21N3O4. The molecular weight excluding hydrogens is 334 g/mol. The summed E-state index contributed by atoms with van der Waals surface area (Å²) in [5.41, 5.74) is 6.07. The molecule has 0 aromatic heterocycles. The van der Waals surface area contributed by atoms with Crippen LogP contribution in [0.5, 0.6) is 0 Å². The standard InChI is InChI=1S/C19H21N3O4/c1-12(17(20)24)21-19(26)16(23)15(13-8-4-2-5-9-13)22-18(25)14-10-6-3-7-11-14/h2-12,15-16,23H,1H3,(H2,20,24)(H,21,26)(H,22,25)/t12-,15+,16-/m1/s1. The Labute approximate surface area is 151 Å². The van der Waals surface area contributed by atoms with Crippen molar-refractivity contribution in [2.75, 3.05) is 0 Å². The Kier molecular flexibility index (Phi) is 6.46. The Morgan fingerprint density at radius 2 is 1.46 bits per heavy atom. The third kappa shape index (κ3) is 4.90. The number of carbonyl (C=O) groups excluding carboxylic acids is 3. The van der Waals surface area contributed by atoms with Gasteiger partial charge in [0.1, 0.15) is 6.04 Å². The summed E-state index contributed by atoms with van der Waals surface area (Å²) in [4.78, 5) is 35.8. The van der Waals surface area contributed by atoms with E-state index in [1.54, 1.807) is 60.7 Å². The smallest absolute Gasteiger partial charge is 0.251 e. The molecule has 0 bridgehead atoms. The molecule has 26 heavy (non-hydrogen) atoms. The predicted octanol–water partition coefficient (Wildman–Crippen LogP) is 0.509. The van der Waals surface area contributed by atoms with E-state index in [0.717, 1.165) is 0 Å². The topological polar surface area (TPSA) is 122 Å². The maximum Gasteiger partial charge on any atom is 0.251 e. The van der Waals surface area contributed by atoms with Gasteiger partial charge in [0.2, 0.25) is 5.91 Å². The first-order valence-electron chi connectivity index (χ1n) is 8.08. The van der Waals surface area contributed by atoms with Crippen LogP contribution in [0.2, 0.25) is 0 Å². The number of hydrogen-bond acceptors (Lipinski definition) is 4. The highest BCUT2D eigenvalue weighted by Crippen LogP contribution is 2.18. The number of nitrogens with one attached hydrogen (secondary N) is 2. The lowest BCUT2D eigenvalue weighted by Gasteiger charge is -2.25. The first kappa shape index (κ1) is 19.1. The second-order valence-corrected chi connectivity index (χ2v) is 5.81. The Balaban J connectivity index is 2.22. The van der Waals surface area contributed by atoms with Crippen molar-refractivity contribution in [3.63, 3.8) is 0 Å². The van der Waals surface area contributed by atoms with Crippen LogP contribution in [0, 0.1) is 0 Å². The molecule has 0 saturated heterocycles. The lowest BCUT2D eigenvalue weighted by molar-refractivity contribution is -0.134. The lowest BCUT2D eigenvalue weighted by atomic mass is 9.99. The van der Waals surface area contributed by atoms with Crippen LogP contribution in [0.25, 0.3) is 0 Å². The van der Waals surface area contributed by atoms with Crippen LogP contribution in [0.3, 0.4) is 0 Å². The van der Waals surface area contributed by atoms with Gasteiger partial charge in [-0.1, -0.05) is 48.5 Å². The molecule has 7 nitrogen and oxygen atoms in total. The summed E-state index contributed by atoms with van der Waals surface area (Å²) in [7, 11) is 0. The van der Waals surface area contributed by atoms with E-state index in [4.69, 9.17) is 5.73 Å². The van der Waals surface area contributed by atoms with Crippen molar-refractivity contribution in [3.8, 4) is 0 Å². The zero-order chi connectivity index (χ0) is 19.1. The van der Waals surface area contributed by atoms with Crippen LogP contribution in [-0.4, -0.2) is 35.0 Å². The van der Waals surface area contributed by atoms with Crippen molar-refractivity contribution in [3.05, 3.63) is 71.8 Å². The maximum atomic E-state index is 12.5. The number of carbonyl (C=O) groups is 3. The molecule has 3 atom stereocenters. The van der Waals surface area contributed by atoms with E-state index in [-0.39, 0.29) is 0 Å². The number of hydrogen-bond donors (Lipinski definition) is 4. The van der Waals surface area contributed by atoms with Gasteiger partial charge in [0.05, 0.1) is 6.04 Å². The quantitative estimate of drug-likeness (QED) is 0.578. The fourth-order valence-electron chi connectivity index (χ4n) is 2.34. The number of benzene rings is 2. The summed E-state index contributed by atoms with van der Waals surface area (Å²) < 4.78 is 0. The number of rotatable bonds is 7. The molecule has 0 unspecified atom stereocenters. The molecule has 0 aliphatic carbocycles. The van der Waals surface area contributed by atoms with E-state index >= 15 is 0 Å². The summed E-state index contributed by atoms with van der Waals surface area (Å²) in [6, 6.07) is 15.1. The second kappa shape index (κ2) is 8.77. The molecule has 0 aliphatic heterocycles. The summed E-state index contributed by atoms with van der Waals surface area (Å²) in [5, 5.41) is 15.5. The molecule has 7 heteroatoms. The maximum absolute atomic E-state index is 12.5. The number of aliphatic hydroxyl groups is 1. The Morgan fingerprint density at radius 1 is 0.923 bits per heavy atom. The minimum Gasteiger partial charge on any atom is -0.381 e. The van der Waals surface area contributed by atoms with Crippen LogP contribution < -0.4 is 16.4 Å². The Morgan fingerprint density at radius 3 is 2.00 bits per heavy atom. The monoisotopic (exact) mass is 355 g/mol. The molecule has 2 rings (SSSR count). The molecule has 2 aromatic rings. The van der Waals surface area contributed by atoms with Crippen molar-refractivity contribution in [2.45, 2.75) is 25.1 Å². The van der Waals surface area contributed by atoms with Gasteiger partial charge in [-0.05, 0) is 24.6 Å². The van der Waals surface area contributed by atoms with Gasteiger partial charge in [-0.25, -0.2) is 0 Å². The Hall–Kier alpha value is -3.19. The van der Waals surface area contributed by atoms with Gasteiger partial charge in [-0.2, -0.15) is 0 Å². The molecule has 0 aliphatic rings. The molecule has 0 spiro atoms. The van der Waals surface area contributed by atoms with E-state index in [1.807, 2.05) is 0 Å². The zero-order valence-corrected chi connectivity index (χ0v) is 14.3.